The van der Waals surface area contributed by atoms with Gasteiger partial charge in [0.15, 0.2) is 6.61 Å². The first-order valence-electron chi connectivity index (χ1n) is 6.25. The van der Waals surface area contributed by atoms with Crippen molar-refractivity contribution in [2.24, 2.45) is 0 Å². The Kier molecular flexibility index (Phi) is 5.21. The van der Waals surface area contributed by atoms with Crippen LogP contribution in [0.3, 0.4) is 0 Å². The van der Waals surface area contributed by atoms with Gasteiger partial charge in [-0.3, -0.25) is 19.7 Å². The Morgan fingerprint density at radius 1 is 1.23 bits per heavy atom. The third-order valence-electron chi connectivity index (χ3n) is 2.65. The van der Waals surface area contributed by atoms with Crippen molar-refractivity contribution in [2.75, 3.05) is 11.9 Å². The molecular formula is C14H12N2O5S. The summed E-state index contributed by atoms with van der Waals surface area (Å²) in [6.45, 7) is -0.403. The molecule has 0 aliphatic rings. The van der Waals surface area contributed by atoms with E-state index in [1.165, 1.54) is 35.6 Å². The molecule has 0 unspecified atom stereocenters. The second kappa shape index (κ2) is 7.32. The number of esters is 1. The molecule has 8 heteroatoms. The summed E-state index contributed by atoms with van der Waals surface area (Å²) in [7, 11) is 0. The van der Waals surface area contributed by atoms with E-state index < -0.39 is 23.4 Å². The molecule has 2 rings (SSSR count). The van der Waals surface area contributed by atoms with Crippen molar-refractivity contribution >= 4 is 34.6 Å². The van der Waals surface area contributed by atoms with E-state index in [1.807, 2.05) is 16.8 Å². The van der Waals surface area contributed by atoms with Crippen molar-refractivity contribution in [2.45, 2.75) is 6.42 Å². The number of carbonyl (C=O) groups excluding carboxylic acids is 2. The standard InChI is InChI=1S/C14H12N2O5S/c17-13(8-21-14(18)7-10-5-6-22-9-10)15-11-1-3-12(4-2-11)16(19)20/h1-6,9H,7-8H2,(H,15,17). The second-order valence-corrected chi connectivity index (χ2v) is 5.10. The minimum absolute atomic E-state index is 0.0693. The van der Waals surface area contributed by atoms with Crippen LogP contribution in [0.15, 0.2) is 41.1 Å². The molecule has 7 nitrogen and oxygen atoms in total. The highest BCUT2D eigenvalue weighted by Gasteiger charge is 2.10. The minimum Gasteiger partial charge on any atom is -0.455 e. The summed E-state index contributed by atoms with van der Waals surface area (Å²) >= 11 is 1.48. The fourth-order valence-electron chi connectivity index (χ4n) is 1.62. The third-order valence-corrected chi connectivity index (χ3v) is 3.39. The Morgan fingerprint density at radius 2 is 1.95 bits per heavy atom. The Bertz CT molecular complexity index is 667. The molecule has 0 aliphatic carbocycles. The summed E-state index contributed by atoms with van der Waals surface area (Å²) in [5.41, 5.74) is 1.16. The molecule has 2 aromatic rings. The van der Waals surface area contributed by atoms with Gasteiger partial charge < -0.3 is 10.1 Å². The van der Waals surface area contributed by atoms with Crippen molar-refractivity contribution in [3.63, 3.8) is 0 Å². The molecule has 0 spiro atoms. The van der Waals surface area contributed by atoms with Crippen molar-refractivity contribution in [3.8, 4) is 0 Å². The third kappa shape index (κ3) is 4.67. The number of anilines is 1. The number of nitro benzene ring substituents is 1. The first-order valence-corrected chi connectivity index (χ1v) is 7.20. The van der Waals surface area contributed by atoms with Crippen LogP contribution in [0.25, 0.3) is 0 Å². The fraction of sp³-hybridized carbons (Fsp3) is 0.143. The number of rotatable bonds is 6. The SMILES string of the molecule is O=C(COC(=O)Cc1ccsc1)Nc1ccc([N+](=O)[O-])cc1. The van der Waals surface area contributed by atoms with E-state index in [0.29, 0.717) is 5.69 Å². The Hall–Kier alpha value is -2.74. The van der Waals surface area contributed by atoms with Crippen LogP contribution in [-0.2, 0) is 20.7 Å². The molecular weight excluding hydrogens is 308 g/mol. The number of nitrogens with one attached hydrogen (secondary N) is 1. The van der Waals surface area contributed by atoms with Gasteiger partial charge in [-0.05, 0) is 34.5 Å². The zero-order valence-corrected chi connectivity index (χ0v) is 12.2. The van der Waals surface area contributed by atoms with E-state index in [2.05, 4.69) is 5.32 Å². The van der Waals surface area contributed by atoms with E-state index in [0.717, 1.165) is 5.56 Å². The zero-order chi connectivity index (χ0) is 15.9. The summed E-state index contributed by atoms with van der Waals surface area (Å²) in [6, 6.07) is 7.17. The number of hydrogen-bond donors (Lipinski definition) is 1. The monoisotopic (exact) mass is 320 g/mol. The topological polar surface area (TPSA) is 98.5 Å². The maximum Gasteiger partial charge on any atom is 0.310 e. The molecule has 1 amide bonds. The molecule has 0 aliphatic heterocycles. The number of non-ortho nitro benzene ring substituents is 1. The predicted molar refractivity (Wildman–Crippen MR) is 80.7 cm³/mol. The summed E-state index contributed by atoms with van der Waals surface area (Å²) in [6.07, 6.45) is 0.119. The number of amides is 1. The number of benzene rings is 1. The normalized spacial score (nSPS) is 10.0. The number of nitrogens with zero attached hydrogens (tertiary/aromatic N) is 1. The lowest BCUT2D eigenvalue weighted by Gasteiger charge is -2.06. The van der Waals surface area contributed by atoms with Crippen molar-refractivity contribution in [1.82, 2.24) is 0 Å². The Morgan fingerprint density at radius 3 is 2.55 bits per heavy atom. The lowest BCUT2D eigenvalue weighted by atomic mass is 10.2. The van der Waals surface area contributed by atoms with Crippen molar-refractivity contribution in [3.05, 3.63) is 56.8 Å². The fourth-order valence-corrected chi connectivity index (χ4v) is 2.29. The maximum absolute atomic E-state index is 11.6. The first kappa shape index (κ1) is 15.6. The minimum atomic E-state index is -0.530. The van der Waals surface area contributed by atoms with Gasteiger partial charge in [0.05, 0.1) is 11.3 Å². The molecule has 0 fully saturated rings. The van der Waals surface area contributed by atoms with Gasteiger partial charge in [-0.2, -0.15) is 11.3 Å². The van der Waals surface area contributed by atoms with Gasteiger partial charge in [-0.25, -0.2) is 0 Å². The van der Waals surface area contributed by atoms with Crippen LogP contribution in [0.5, 0.6) is 0 Å². The number of nitro groups is 1. The van der Waals surface area contributed by atoms with Crippen LogP contribution in [-0.4, -0.2) is 23.4 Å². The highest BCUT2D eigenvalue weighted by molar-refractivity contribution is 7.07. The molecule has 0 atom stereocenters. The largest absolute Gasteiger partial charge is 0.455 e. The lowest BCUT2D eigenvalue weighted by Crippen LogP contribution is -2.21. The predicted octanol–water partition coefficient (Wildman–Crippen LogP) is 2.38. The Balaban J connectivity index is 1.77. The van der Waals surface area contributed by atoms with Gasteiger partial charge in [0.1, 0.15) is 0 Å². The average Bonchev–Trinajstić information content (AvgIpc) is 2.98. The molecule has 1 aromatic heterocycles. The van der Waals surface area contributed by atoms with Crippen LogP contribution in [0.4, 0.5) is 11.4 Å². The summed E-state index contributed by atoms with van der Waals surface area (Å²) < 4.78 is 4.86. The van der Waals surface area contributed by atoms with Crippen LogP contribution in [0.1, 0.15) is 5.56 Å². The van der Waals surface area contributed by atoms with Crippen LogP contribution in [0.2, 0.25) is 0 Å². The lowest BCUT2D eigenvalue weighted by molar-refractivity contribution is -0.384. The van der Waals surface area contributed by atoms with E-state index in [4.69, 9.17) is 4.74 Å². The van der Waals surface area contributed by atoms with Gasteiger partial charge >= 0.3 is 5.97 Å². The Labute approximate surface area is 129 Å². The number of hydrogen-bond acceptors (Lipinski definition) is 6. The molecule has 0 saturated carbocycles. The second-order valence-electron chi connectivity index (χ2n) is 4.32. The summed E-state index contributed by atoms with van der Waals surface area (Å²) in [5, 5.41) is 16.7. The smallest absolute Gasteiger partial charge is 0.310 e. The summed E-state index contributed by atoms with van der Waals surface area (Å²) in [4.78, 5) is 33.1. The van der Waals surface area contributed by atoms with Crippen LogP contribution in [0, 0.1) is 10.1 Å². The van der Waals surface area contributed by atoms with Gasteiger partial charge in [0.25, 0.3) is 11.6 Å². The number of ether oxygens (including phenoxy) is 1. The van der Waals surface area contributed by atoms with Gasteiger partial charge in [-0.15, -0.1) is 0 Å². The van der Waals surface area contributed by atoms with E-state index >= 15 is 0 Å². The average molecular weight is 320 g/mol. The molecule has 22 heavy (non-hydrogen) atoms. The van der Waals surface area contributed by atoms with Crippen molar-refractivity contribution in [1.29, 1.82) is 0 Å². The molecule has 114 valence electrons. The highest BCUT2D eigenvalue weighted by Crippen LogP contribution is 2.15. The molecule has 1 aromatic carbocycles. The van der Waals surface area contributed by atoms with Crippen LogP contribution >= 0.6 is 11.3 Å². The molecule has 1 heterocycles. The molecule has 0 saturated heterocycles. The van der Waals surface area contributed by atoms with Gasteiger partial charge in [0.2, 0.25) is 0 Å². The zero-order valence-electron chi connectivity index (χ0n) is 11.4. The van der Waals surface area contributed by atoms with E-state index in [9.17, 15) is 19.7 Å². The summed E-state index contributed by atoms with van der Waals surface area (Å²) in [5.74, 6) is -0.996. The van der Waals surface area contributed by atoms with Crippen molar-refractivity contribution < 1.29 is 19.2 Å². The van der Waals surface area contributed by atoms with E-state index in [-0.39, 0.29) is 12.1 Å². The molecule has 0 bridgehead atoms. The van der Waals surface area contributed by atoms with Gasteiger partial charge in [0, 0.05) is 17.8 Å². The number of carbonyl (C=O) groups is 2. The van der Waals surface area contributed by atoms with Gasteiger partial charge in [-0.1, -0.05) is 0 Å². The van der Waals surface area contributed by atoms with E-state index in [1.54, 1.807) is 0 Å². The quantitative estimate of drug-likeness (QED) is 0.500. The first-order chi connectivity index (χ1) is 10.5. The molecule has 0 radical (unpaired) electrons. The van der Waals surface area contributed by atoms with Crippen LogP contribution < -0.4 is 5.32 Å². The number of thiophene rings is 1. The highest BCUT2D eigenvalue weighted by atomic mass is 32.1. The molecule has 1 N–H and O–H groups in total. The maximum atomic E-state index is 11.6.